The quantitative estimate of drug-likeness (QED) is 0.290. The van der Waals surface area contributed by atoms with E-state index in [1.165, 1.54) is 45.8 Å². The van der Waals surface area contributed by atoms with Gasteiger partial charge in [0, 0.05) is 31.3 Å². The van der Waals surface area contributed by atoms with Crippen LogP contribution in [0.5, 0.6) is 0 Å². The molecule has 0 unspecified atom stereocenters. The molecule has 3 amide bonds. The number of alkyl halides is 3. The number of rotatable bonds is 8. The van der Waals surface area contributed by atoms with Gasteiger partial charge in [0.2, 0.25) is 11.7 Å². The molecule has 1 N–H and O–H groups in total. The molecular weight excluding hydrogens is 608 g/mol. The zero-order chi connectivity index (χ0) is 33.2. The normalized spacial score (nSPS) is 16.0. The Morgan fingerprint density at radius 2 is 1.78 bits per heavy atom. The minimum Gasteiger partial charge on any atom is -0.339 e. The van der Waals surface area contributed by atoms with Crippen LogP contribution < -0.4 is 10.2 Å². The molecule has 2 aromatic heterocycles. The highest BCUT2D eigenvalue weighted by molar-refractivity contribution is 6.04. The van der Waals surface area contributed by atoms with Crippen molar-refractivity contribution in [3.8, 4) is 11.8 Å². The molecule has 15 heteroatoms. The largest absolute Gasteiger partial charge is 0.433 e. The number of halogens is 4. The molecule has 1 aliphatic rings. The van der Waals surface area contributed by atoms with Crippen molar-refractivity contribution >= 4 is 23.5 Å². The van der Waals surface area contributed by atoms with E-state index in [1.807, 2.05) is 6.07 Å². The Balaban J connectivity index is 1.71. The molecule has 0 aliphatic carbocycles. The molecule has 0 spiro atoms. The van der Waals surface area contributed by atoms with E-state index in [-0.39, 0.29) is 13.1 Å². The van der Waals surface area contributed by atoms with E-state index in [2.05, 4.69) is 15.3 Å². The number of amides is 3. The van der Waals surface area contributed by atoms with E-state index in [9.17, 15) is 31.9 Å². The third kappa shape index (κ3) is 6.14. The number of nitriles is 1. The van der Waals surface area contributed by atoms with Crippen LogP contribution in [0.15, 0.2) is 66.9 Å². The second-order valence-corrected chi connectivity index (χ2v) is 10.3. The van der Waals surface area contributed by atoms with E-state index in [4.69, 9.17) is 10.4 Å². The zero-order valence-corrected chi connectivity index (χ0v) is 24.5. The smallest absolute Gasteiger partial charge is 0.339 e. The molecule has 0 saturated carbocycles. The highest BCUT2D eigenvalue weighted by Gasteiger charge is 2.46. The summed E-state index contributed by atoms with van der Waals surface area (Å²) in [6.45, 7) is 1.68. The lowest BCUT2D eigenvalue weighted by Gasteiger charge is -2.38. The number of hydrogen-bond donors (Lipinski definition) is 1. The van der Waals surface area contributed by atoms with Crippen molar-refractivity contribution in [3.63, 3.8) is 0 Å². The fraction of sp³-hybridized carbons (Fsp3) is 0.258. The Labute approximate surface area is 260 Å². The maximum atomic E-state index is 14.2. The summed E-state index contributed by atoms with van der Waals surface area (Å²) < 4.78 is 55.7. The standard InChI is InChI=1S/C31H26F4N8O3/c1-3-42-29-25(21(17-41(2)23(44)13-15-36)40-43(29)20-7-5-4-6-8-20)24(18-9-11-19(32)12-10-18)26(30(42)46)39-28(45)27-37-16-14-22(38-27)31(33,34)35/h4-12,14,16,24,26H,3,13,17H2,1-2H3,(H,39,45)/t24-,26+/m1/s1. The number of hydrogen-bond acceptors (Lipinski definition) is 7. The van der Waals surface area contributed by atoms with Gasteiger partial charge < -0.3 is 10.2 Å². The van der Waals surface area contributed by atoms with Gasteiger partial charge in [-0.2, -0.15) is 23.5 Å². The summed E-state index contributed by atoms with van der Waals surface area (Å²) in [5, 5.41) is 16.4. The first-order valence-corrected chi connectivity index (χ1v) is 14.0. The zero-order valence-electron chi connectivity index (χ0n) is 24.5. The molecule has 11 nitrogen and oxygen atoms in total. The minimum atomic E-state index is -4.85. The third-order valence-electron chi connectivity index (χ3n) is 7.43. The van der Waals surface area contributed by atoms with Crippen LogP contribution in [-0.4, -0.2) is 62.0 Å². The number of fused-ring (bicyclic) bond motifs is 1. The second-order valence-electron chi connectivity index (χ2n) is 10.3. The van der Waals surface area contributed by atoms with Gasteiger partial charge in [0.05, 0.1) is 24.0 Å². The van der Waals surface area contributed by atoms with Gasteiger partial charge in [0.15, 0.2) is 0 Å². The van der Waals surface area contributed by atoms with Gasteiger partial charge in [-0.15, -0.1) is 0 Å². The van der Waals surface area contributed by atoms with Crippen molar-refractivity contribution < 1.29 is 31.9 Å². The van der Waals surface area contributed by atoms with Gasteiger partial charge in [-0.05, 0) is 42.8 Å². The van der Waals surface area contributed by atoms with Crippen LogP contribution in [0, 0.1) is 17.1 Å². The average Bonchev–Trinajstić information content (AvgIpc) is 3.40. The fourth-order valence-electron chi connectivity index (χ4n) is 5.32. The number of aromatic nitrogens is 4. The number of nitrogens with zero attached hydrogens (tertiary/aromatic N) is 7. The Hall–Kier alpha value is -5.65. The average molecular weight is 635 g/mol. The number of carbonyl (C=O) groups is 3. The molecule has 0 saturated heterocycles. The summed E-state index contributed by atoms with van der Waals surface area (Å²) in [4.78, 5) is 50.0. The number of likely N-dealkylation sites (N-methyl/N-ethyl adjacent to an activating group) is 1. The molecular formula is C31H26F4N8O3. The number of anilines is 1. The Bertz CT molecular complexity index is 1820. The van der Waals surface area contributed by atoms with Gasteiger partial charge in [-0.25, -0.2) is 19.0 Å². The van der Waals surface area contributed by atoms with Gasteiger partial charge in [0.25, 0.3) is 11.8 Å². The number of para-hydroxylation sites is 1. The predicted octanol–water partition coefficient (Wildman–Crippen LogP) is 3.99. The molecule has 46 heavy (non-hydrogen) atoms. The summed E-state index contributed by atoms with van der Waals surface area (Å²) in [6, 6.07) is 15.0. The van der Waals surface area contributed by atoms with Crippen molar-refractivity contribution in [2.45, 2.75) is 38.0 Å². The van der Waals surface area contributed by atoms with Gasteiger partial charge >= 0.3 is 6.18 Å². The van der Waals surface area contributed by atoms with Crippen molar-refractivity contribution in [2.75, 3.05) is 18.5 Å². The molecule has 4 aromatic rings. The van der Waals surface area contributed by atoms with Gasteiger partial charge in [0.1, 0.15) is 29.8 Å². The first kappa shape index (κ1) is 31.8. The molecule has 0 fully saturated rings. The van der Waals surface area contributed by atoms with E-state index in [0.29, 0.717) is 34.4 Å². The van der Waals surface area contributed by atoms with Crippen LogP contribution >= 0.6 is 0 Å². The molecule has 2 aromatic carbocycles. The summed E-state index contributed by atoms with van der Waals surface area (Å²) in [5.41, 5.74) is 0.319. The molecule has 0 bridgehead atoms. The molecule has 2 atom stereocenters. The van der Waals surface area contributed by atoms with E-state index in [1.54, 1.807) is 37.3 Å². The second kappa shape index (κ2) is 12.8. The lowest BCUT2D eigenvalue weighted by atomic mass is 9.80. The lowest BCUT2D eigenvalue weighted by molar-refractivity contribution is -0.141. The van der Waals surface area contributed by atoms with Crippen LogP contribution in [0.3, 0.4) is 0 Å². The van der Waals surface area contributed by atoms with Crippen LogP contribution in [-0.2, 0) is 22.3 Å². The van der Waals surface area contributed by atoms with Crippen molar-refractivity contribution in [3.05, 3.63) is 101 Å². The van der Waals surface area contributed by atoms with Crippen molar-refractivity contribution in [1.29, 1.82) is 5.26 Å². The number of benzene rings is 2. The number of nitrogens with one attached hydrogen (secondary N) is 1. The highest BCUT2D eigenvalue weighted by atomic mass is 19.4. The van der Waals surface area contributed by atoms with Crippen LogP contribution in [0.4, 0.5) is 23.4 Å². The maximum Gasteiger partial charge on any atom is 0.433 e. The first-order valence-electron chi connectivity index (χ1n) is 14.0. The maximum absolute atomic E-state index is 14.2. The van der Waals surface area contributed by atoms with Crippen molar-refractivity contribution in [2.24, 2.45) is 0 Å². The summed E-state index contributed by atoms with van der Waals surface area (Å²) in [5.74, 6) is -4.36. The van der Waals surface area contributed by atoms with Gasteiger partial charge in [-0.3, -0.25) is 19.3 Å². The third-order valence-corrected chi connectivity index (χ3v) is 7.43. The van der Waals surface area contributed by atoms with E-state index >= 15 is 0 Å². The summed E-state index contributed by atoms with van der Waals surface area (Å²) in [6.07, 6.45) is -4.45. The Morgan fingerprint density at radius 1 is 1.09 bits per heavy atom. The SMILES string of the molecule is CCN1C(=O)[C@@H](NC(=O)c2nccc(C(F)(F)F)n2)[C@H](c2ccc(F)cc2)c2c(CN(C)C(=O)CC#N)nn(-c3ccccc3)c21. The van der Waals surface area contributed by atoms with Gasteiger partial charge in [-0.1, -0.05) is 30.3 Å². The monoisotopic (exact) mass is 634 g/mol. The van der Waals surface area contributed by atoms with Crippen molar-refractivity contribution in [1.82, 2.24) is 30.0 Å². The van der Waals surface area contributed by atoms with E-state index in [0.717, 1.165) is 6.20 Å². The summed E-state index contributed by atoms with van der Waals surface area (Å²) in [7, 11) is 1.48. The summed E-state index contributed by atoms with van der Waals surface area (Å²) >= 11 is 0. The highest BCUT2D eigenvalue weighted by Crippen LogP contribution is 2.44. The lowest BCUT2D eigenvalue weighted by Crippen LogP contribution is -2.55. The van der Waals surface area contributed by atoms with Crippen LogP contribution in [0.2, 0.25) is 0 Å². The molecule has 3 heterocycles. The van der Waals surface area contributed by atoms with Crippen LogP contribution in [0.1, 0.15) is 52.4 Å². The fourth-order valence-corrected chi connectivity index (χ4v) is 5.32. The Kier molecular flexibility index (Phi) is 8.81. The molecule has 0 radical (unpaired) electrons. The predicted molar refractivity (Wildman–Crippen MR) is 155 cm³/mol. The van der Waals surface area contributed by atoms with E-state index < -0.39 is 59.6 Å². The number of carbonyl (C=O) groups excluding carboxylic acids is 3. The first-order chi connectivity index (χ1) is 21.9. The molecule has 1 aliphatic heterocycles. The van der Waals surface area contributed by atoms with Crippen LogP contribution in [0.25, 0.3) is 5.69 Å². The topological polar surface area (TPSA) is 137 Å². The Morgan fingerprint density at radius 3 is 2.41 bits per heavy atom. The minimum absolute atomic E-state index is 0.0928. The molecule has 236 valence electrons. The molecule has 5 rings (SSSR count).